The summed E-state index contributed by atoms with van der Waals surface area (Å²) in [5.41, 5.74) is 3.28. The molecule has 1 heterocycles. The highest BCUT2D eigenvalue weighted by atomic mass is 79.9. The van der Waals surface area contributed by atoms with Crippen LogP contribution in [0.2, 0.25) is 0 Å². The molecular weight excluding hydrogens is 384 g/mol. The van der Waals surface area contributed by atoms with Crippen LogP contribution in [0.4, 0.5) is 11.4 Å². The topological polar surface area (TPSA) is 68.6 Å². The molecule has 0 saturated heterocycles. The van der Waals surface area contributed by atoms with Gasteiger partial charge in [-0.15, -0.1) is 0 Å². The first kappa shape index (κ1) is 17.1. The van der Waals surface area contributed by atoms with E-state index in [4.69, 9.17) is 4.42 Å². The summed E-state index contributed by atoms with van der Waals surface area (Å²) in [4.78, 5) is 14.9. The first-order chi connectivity index (χ1) is 11.9. The molecular formula is C19H15BrN2O3. The highest BCUT2D eigenvalue weighted by Crippen LogP contribution is 2.30. The van der Waals surface area contributed by atoms with Gasteiger partial charge in [-0.3, -0.25) is 15.1 Å². The number of hydrogen-bond donors (Lipinski definition) is 0. The third-order valence-electron chi connectivity index (χ3n) is 3.75. The zero-order chi connectivity index (χ0) is 18.0. The Bertz CT molecular complexity index is 977. The Morgan fingerprint density at radius 1 is 1.12 bits per heavy atom. The summed E-state index contributed by atoms with van der Waals surface area (Å²) in [6.45, 7) is 3.72. The van der Waals surface area contributed by atoms with Crippen LogP contribution in [0.25, 0.3) is 11.3 Å². The molecule has 0 N–H and O–H groups in total. The SMILES string of the molecule is Cc1ccc(-c2ccc(C=Nc3ccc(C)c([N+](=O)[O-])c3)o2)c(Br)c1. The molecule has 0 aliphatic rings. The van der Waals surface area contributed by atoms with Gasteiger partial charge in [-0.25, -0.2) is 0 Å². The van der Waals surface area contributed by atoms with Crippen LogP contribution < -0.4 is 0 Å². The largest absolute Gasteiger partial charge is 0.455 e. The Labute approximate surface area is 153 Å². The van der Waals surface area contributed by atoms with Gasteiger partial charge in [-0.2, -0.15) is 0 Å². The predicted octanol–water partition coefficient (Wildman–Crippen LogP) is 5.98. The first-order valence-electron chi connectivity index (χ1n) is 7.59. The summed E-state index contributed by atoms with van der Waals surface area (Å²) in [7, 11) is 0. The third kappa shape index (κ3) is 3.85. The number of benzene rings is 2. The van der Waals surface area contributed by atoms with Gasteiger partial charge < -0.3 is 4.42 Å². The molecule has 0 bridgehead atoms. The molecule has 0 fully saturated rings. The zero-order valence-electron chi connectivity index (χ0n) is 13.7. The maximum absolute atomic E-state index is 11.0. The first-order valence-corrected chi connectivity index (χ1v) is 8.39. The smallest absolute Gasteiger partial charge is 0.274 e. The van der Waals surface area contributed by atoms with Crippen LogP contribution in [0.3, 0.4) is 0 Å². The van der Waals surface area contributed by atoms with E-state index in [1.807, 2.05) is 37.3 Å². The van der Waals surface area contributed by atoms with E-state index >= 15 is 0 Å². The van der Waals surface area contributed by atoms with E-state index < -0.39 is 4.92 Å². The van der Waals surface area contributed by atoms with Gasteiger partial charge in [0.1, 0.15) is 11.5 Å². The normalized spacial score (nSPS) is 11.2. The van der Waals surface area contributed by atoms with Gasteiger partial charge in [0.25, 0.3) is 5.69 Å². The number of halogens is 1. The van der Waals surface area contributed by atoms with Crippen molar-refractivity contribution in [1.82, 2.24) is 0 Å². The van der Waals surface area contributed by atoms with Crippen LogP contribution in [0.5, 0.6) is 0 Å². The van der Waals surface area contributed by atoms with E-state index in [9.17, 15) is 10.1 Å². The molecule has 0 saturated carbocycles. The van der Waals surface area contributed by atoms with E-state index in [1.165, 1.54) is 6.07 Å². The number of hydrogen-bond acceptors (Lipinski definition) is 4. The van der Waals surface area contributed by atoms with Crippen molar-refractivity contribution in [3.8, 4) is 11.3 Å². The standard InChI is InChI=1S/C19H15BrN2O3/c1-12-3-7-16(17(20)9-12)19-8-6-15(25-19)11-21-14-5-4-13(2)18(10-14)22(23)24/h3-11H,1-2H3. The summed E-state index contributed by atoms with van der Waals surface area (Å²) >= 11 is 3.54. The Hall–Kier alpha value is -2.73. The minimum absolute atomic E-state index is 0.0540. The van der Waals surface area contributed by atoms with Crippen LogP contribution in [0.15, 0.2) is 62.4 Å². The van der Waals surface area contributed by atoms with Gasteiger partial charge in [-0.05, 0) is 49.7 Å². The molecule has 0 atom stereocenters. The van der Waals surface area contributed by atoms with Crippen LogP contribution in [0, 0.1) is 24.0 Å². The summed E-state index contributed by atoms with van der Waals surface area (Å²) in [6, 6.07) is 14.6. The molecule has 0 spiro atoms. The summed E-state index contributed by atoms with van der Waals surface area (Å²) in [5.74, 6) is 1.30. The van der Waals surface area contributed by atoms with Gasteiger partial charge in [0, 0.05) is 21.7 Å². The van der Waals surface area contributed by atoms with Crippen molar-refractivity contribution in [3.05, 3.63) is 80.0 Å². The van der Waals surface area contributed by atoms with Crippen molar-refractivity contribution in [3.63, 3.8) is 0 Å². The predicted molar refractivity (Wildman–Crippen MR) is 102 cm³/mol. The third-order valence-corrected chi connectivity index (χ3v) is 4.40. The fourth-order valence-electron chi connectivity index (χ4n) is 2.40. The fraction of sp³-hybridized carbons (Fsp3) is 0.105. The lowest BCUT2D eigenvalue weighted by atomic mass is 10.1. The Kier molecular flexibility index (Phi) is 4.81. The average Bonchev–Trinajstić information content (AvgIpc) is 3.02. The molecule has 1 aromatic heterocycles. The van der Waals surface area contributed by atoms with Crippen molar-refractivity contribution in [2.45, 2.75) is 13.8 Å². The molecule has 126 valence electrons. The number of nitro benzene ring substituents is 1. The summed E-state index contributed by atoms with van der Waals surface area (Å²) in [5, 5.41) is 11.0. The second-order valence-electron chi connectivity index (χ2n) is 5.67. The maximum Gasteiger partial charge on any atom is 0.274 e. The molecule has 0 aliphatic heterocycles. The number of nitrogens with zero attached hydrogens (tertiary/aromatic N) is 2. The van der Waals surface area contributed by atoms with Crippen molar-refractivity contribution in [1.29, 1.82) is 0 Å². The summed E-state index contributed by atoms with van der Waals surface area (Å²) < 4.78 is 6.76. The molecule has 0 radical (unpaired) electrons. The molecule has 25 heavy (non-hydrogen) atoms. The van der Waals surface area contributed by atoms with E-state index in [0.29, 0.717) is 17.0 Å². The van der Waals surface area contributed by atoms with Crippen LogP contribution in [0.1, 0.15) is 16.9 Å². The van der Waals surface area contributed by atoms with E-state index in [0.717, 1.165) is 21.4 Å². The second kappa shape index (κ2) is 7.03. The monoisotopic (exact) mass is 398 g/mol. The highest BCUT2D eigenvalue weighted by Gasteiger charge is 2.11. The zero-order valence-corrected chi connectivity index (χ0v) is 15.3. The number of nitro groups is 1. The lowest BCUT2D eigenvalue weighted by molar-refractivity contribution is -0.385. The molecule has 3 aromatic rings. The van der Waals surface area contributed by atoms with Gasteiger partial charge in [0.2, 0.25) is 0 Å². The molecule has 3 rings (SSSR count). The van der Waals surface area contributed by atoms with Gasteiger partial charge in [-0.1, -0.05) is 28.1 Å². The molecule has 2 aromatic carbocycles. The molecule has 0 aliphatic carbocycles. The summed E-state index contributed by atoms with van der Waals surface area (Å²) in [6.07, 6.45) is 1.56. The lowest BCUT2D eigenvalue weighted by Crippen LogP contribution is -1.90. The fourth-order valence-corrected chi connectivity index (χ4v) is 3.09. The van der Waals surface area contributed by atoms with Crippen LogP contribution in [-0.4, -0.2) is 11.1 Å². The molecule has 0 amide bonds. The van der Waals surface area contributed by atoms with Crippen LogP contribution >= 0.6 is 15.9 Å². The van der Waals surface area contributed by atoms with Crippen molar-refractivity contribution in [2.75, 3.05) is 0 Å². The van der Waals surface area contributed by atoms with Crippen molar-refractivity contribution in [2.24, 2.45) is 4.99 Å². The number of aliphatic imine (C=N–C) groups is 1. The van der Waals surface area contributed by atoms with Gasteiger partial charge >= 0.3 is 0 Å². The van der Waals surface area contributed by atoms with E-state index in [-0.39, 0.29) is 5.69 Å². The lowest BCUT2D eigenvalue weighted by Gasteiger charge is -2.02. The van der Waals surface area contributed by atoms with Crippen LogP contribution in [-0.2, 0) is 0 Å². The van der Waals surface area contributed by atoms with E-state index in [2.05, 4.69) is 20.9 Å². The molecule has 6 heteroatoms. The Balaban J connectivity index is 1.85. The Morgan fingerprint density at radius 2 is 1.92 bits per heavy atom. The minimum Gasteiger partial charge on any atom is -0.455 e. The number of aryl methyl sites for hydroxylation is 2. The average molecular weight is 399 g/mol. The number of furan rings is 1. The molecule has 5 nitrogen and oxygen atoms in total. The maximum atomic E-state index is 11.0. The van der Waals surface area contributed by atoms with Crippen molar-refractivity contribution < 1.29 is 9.34 Å². The van der Waals surface area contributed by atoms with Gasteiger partial charge in [0.15, 0.2) is 0 Å². The highest BCUT2D eigenvalue weighted by molar-refractivity contribution is 9.10. The Morgan fingerprint density at radius 3 is 2.64 bits per heavy atom. The van der Waals surface area contributed by atoms with E-state index in [1.54, 1.807) is 25.3 Å². The minimum atomic E-state index is -0.408. The molecule has 0 unspecified atom stereocenters. The van der Waals surface area contributed by atoms with Crippen molar-refractivity contribution >= 4 is 33.5 Å². The quantitative estimate of drug-likeness (QED) is 0.308. The second-order valence-corrected chi connectivity index (χ2v) is 6.53. The van der Waals surface area contributed by atoms with Gasteiger partial charge in [0.05, 0.1) is 16.8 Å². The number of rotatable bonds is 4.